The predicted molar refractivity (Wildman–Crippen MR) is 174 cm³/mol. The summed E-state index contributed by atoms with van der Waals surface area (Å²) < 4.78 is 0. The summed E-state index contributed by atoms with van der Waals surface area (Å²) >= 11 is 1.40. The van der Waals surface area contributed by atoms with Crippen molar-refractivity contribution >= 4 is 28.8 Å². The molecule has 2 atom stereocenters. The molecule has 3 aromatic rings. The van der Waals surface area contributed by atoms with Gasteiger partial charge in [0.05, 0.1) is 4.88 Å². The van der Waals surface area contributed by atoms with E-state index in [4.69, 9.17) is 0 Å². The van der Waals surface area contributed by atoms with Crippen molar-refractivity contribution in [3.63, 3.8) is 0 Å². The SMILES string of the molecule is CCC1CCC(C2CC=C(c3cnc(-c4ccc(CC(NC(=O)c5ccc(C(C)(C)C)s5)C(=O)O)cc4)nc3)CC2)CC1. The number of rotatable bonds is 9. The number of hydrogen-bond acceptors (Lipinski definition) is 5. The number of carboxylic acids is 1. The summed E-state index contributed by atoms with van der Waals surface area (Å²) in [6, 6.07) is 10.3. The van der Waals surface area contributed by atoms with Crippen molar-refractivity contribution in [3.05, 3.63) is 75.7 Å². The molecule has 1 saturated carbocycles. The molecule has 0 aliphatic heterocycles. The lowest BCUT2D eigenvalue weighted by atomic mass is 9.71. The van der Waals surface area contributed by atoms with Crippen molar-refractivity contribution in [1.82, 2.24) is 15.3 Å². The lowest BCUT2D eigenvalue weighted by Crippen LogP contribution is -2.42. The molecule has 2 aliphatic carbocycles. The van der Waals surface area contributed by atoms with Crippen LogP contribution in [0.25, 0.3) is 17.0 Å². The van der Waals surface area contributed by atoms with Gasteiger partial charge >= 0.3 is 5.97 Å². The van der Waals surface area contributed by atoms with E-state index in [0.29, 0.717) is 10.7 Å². The molecule has 228 valence electrons. The molecular formula is C36H45N3O3S. The summed E-state index contributed by atoms with van der Waals surface area (Å²) in [5, 5.41) is 12.5. The molecule has 2 aliphatic rings. The number of aliphatic carboxylic acids is 1. The van der Waals surface area contributed by atoms with Crippen LogP contribution in [0.15, 0.2) is 54.9 Å². The van der Waals surface area contributed by atoms with Crippen LogP contribution in [0, 0.1) is 17.8 Å². The highest BCUT2D eigenvalue weighted by Gasteiger charge is 2.28. The number of nitrogens with zero attached hydrogens (tertiary/aromatic N) is 2. The number of carbonyl (C=O) groups is 2. The lowest BCUT2D eigenvalue weighted by Gasteiger charge is -2.35. The van der Waals surface area contributed by atoms with E-state index in [1.165, 1.54) is 61.9 Å². The van der Waals surface area contributed by atoms with Crippen LogP contribution in [0.1, 0.15) is 105 Å². The number of hydrogen-bond donors (Lipinski definition) is 2. The van der Waals surface area contributed by atoms with Crippen molar-refractivity contribution in [2.75, 3.05) is 0 Å². The van der Waals surface area contributed by atoms with Gasteiger partial charge in [-0.15, -0.1) is 11.3 Å². The number of aromatic nitrogens is 2. The Kier molecular flexibility index (Phi) is 9.80. The molecule has 43 heavy (non-hydrogen) atoms. The fourth-order valence-corrected chi connectivity index (χ4v) is 7.54. The van der Waals surface area contributed by atoms with Crippen LogP contribution in [-0.2, 0) is 16.6 Å². The smallest absolute Gasteiger partial charge is 0.326 e. The Morgan fingerprint density at radius 1 is 0.953 bits per heavy atom. The second-order valence-electron chi connectivity index (χ2n) is 13.4. The van der Waals surface area contributed by atoms with Crippen molar-refractivity contribution in [1.29, 1.82) is 0 Å². The number of benzene rings is 1. The number of thiophene rings is 1. The number of amides is 1. The fraction of sp³-hybridized carbons (Fsp3) is 0.500. The minimum Gasteiger partial charge on any atom is -0.480 e. The van der Waals surface area contributed by atoms with Crippen LogP contribution in [0.5, 0.6) is 0 Å². The topological polar surface area (TPSA) is 92.2 Å². The first kappa shape index (κ1) is 31.1. The molecule has 1 amide bonds. The molecule has 7 heteroatoms. The van der Waals surface area contributed by atoms with Gasteiger partial charge in [0.2, 0.25) is 0 Å². The highest BCUT2D eigenvalue weighted by molar-refractivity contribution is 7.14. The maximum atomic E-state index is 12.8. The zero-order chi connectivity index (χ0) is 30.6. The Morgan fingerprint density at radius 3 is 2.21 bits per heavy atom. The molecule has 5 rings (SSSR count). The summed E-state index contributed by atoms with van der Waals surface area (Å²) in [7, 11) is 0. The highest BCUT2D eigenvalue weighted by atomic mass is 32.1. The van der Waals surface area contributed by atoms with E-state index < -0.39 is 12.0 Å². The summed E-state index contributed by atoms with van der Waals surface area (Å²) in [6.45, 7) is 8.60. The first-order valence-electron chi connectivity index (χ1n) is 15.9. The Morgan fingerprint density at radius 2 is 1.65 bits per heavy atom. The van der Waals surface area contributed by atoms with Crippen molar-refractivity contribution in [2.45, 2.75) is 96.9 Å². The Labute approximate surface area is 260 Å². The van der Waals surface area contributed by atoms with E-state index in [-0.39, 0.29) is 17.7 Å². The normalized spacial score (nSPS) is 21.6. The van der Waals surface area contributed by atoms with Crippen molar-refractivity contribution < 1.29 is 14.7 Å². The minimum atomic E-state index is -1.06. The van der Waals surface area contributed by atoms with E-state index in [1.807, 2.05) is 42.7 Å². The van der Waals surface area contributed by atoms with Crippen LogP contribution in [-0.4, -0.2) is 33.0 Å². The van der Waals surface area contributed by atoms with E-state index in [0.717, 1.165) is 45.7 Å². The maximum absolute atomic E-state index is 12.8. The van der Waals surface area contributed by atoms with Gasteiger partial charge in [-0.3, -0.25) is 4.79 Å². The Hall–Kier alpha value is -3.32. The summed E-state index contributed by atoms with van der Waals surface area (Å²) in [5.74, 6) is 1.90. The van der Waals surface area contributed by atoms with Gasteiger partial charge in [0.25, 0.3) is 5.91 Å². The van der Waals surface area contributed by atoms with Gasteiger partial charge in [0.1, 0.15) is 6.04 Å². The van der Waals surface area contributed by atoms with Gasteiger partial charge in [-0.05, 0) is 78.5 Å². The van der Waals surface area contributed by atoms with Gasteiger partial charge in [0.15, 0.2) is 5.82 Å². The van der Waals surface area contributed by atoms with Gasteiger partial charge in [-0.1, -0.05) is 77.3 Å². The fourth-order valence-electron chi connectivity index (χ4n) is 6.57. The summed E-state index contributed by atoms with van der Waals surface area (Å²) in [6.07, 6.45) is 17.0. The molecule has 0 radical (unpaired) electrons. The van der Waals surface area contributed by atoms with Crippen LogP contribution in [0.3, 0.4) is 0 Å². The zero-order valence-corrected chi connectivity index (χ0v) is 26.8. The van der Waals surface area contributed by atoms with E-state index in [9.17, 15) is 14.7 Å². The quantitative estimate of drug-likeness (QED) is 0.258. The first-order valence-corrected chi connectivity index (χ1v) is 16.7. The molecule has 0 saturated heterocycles. The molecule has 0 spiro atoms. The van der Waals surface area contributed by atoms with E-state index in [1.54, 1.807) is 6.07 Å². The standard InChI is InChI=1S/C36H45N3O3S/c1-5-23-6-10-25(11-7-23)26-14-16-27(17-15-26)29-21-37-33(38-22-29)28-12-8-24(9-13-28)20-30(35(41)42)39-34(40)31-18-19-32(43-31)36(2,3)4/h8-9,12-13,16,18-19,21-23,25-26,30H,5-7,10-11,14-15,17,20H2,1-4H3,(H,39,40)(H,41,42). The monoisotopic (exact) mass is 599 g/mol. The van der Waals surface area contributed by atoms with Crippen LogP contribution >= 0.6 is 11.3 Å². The molecule has 2 heterocycles. The highest BCUT2D eigenvalue weighted by Crippen LogP contribution is 2.41. The third-order valence-electron chi connectivity index (χ3n) is 9.43. The van der Waals surface area contributed by atoms with Gasteiger partial charge in [-0.2, -0.15) is 0 Å². The number of carboxylic acid groups (broad SMARTS) is 1. The van der Waals surface area contributed by atoms with E-state index in [2.05, 4.69) is 49.1 Å². The molecule has 1 fully saturated rings. The first-order chi connectivity index (χ1) is 20.6. The molecule has 0 bridgehead atoms. The zero-order valence-electron chi connectivity index (χ0n) is 25.9. The third-order valence-corrected chi connectivity index (χ3v) is 10.9. The Balaban J connectivity index is 1.16. The van der Waals surface area contributed by atoms with Crippen LogP contribution in [0.4, 0.5) is 0 Å². The molecule has 1 aromatic carbocycles. The third kappa shape index (κ3) is 7.80. The second kappa shape index (κ2) is 13.5. The van der Waals surface area contributed by atoms with Gasteiger partial charge < -0.3 is 10.4 Å². The second-order valence-corrected chi connectivity index (χ2v) is 14.5. The average Bonchev–Trinajstić information content (AvgIpc) is 3.53. The average molecular weight is 600 g/mol. The van der Waals surface area contributed by atoms with Crippen molar-refractivity contribution in [2.24, 2.45) is 17.8 Å². The Bertz CT molecular complexity index is 1430. The van der Waals surface area contributed by atoms with Crippen LogP contribution in [0.2, 0.25) is 0 Å². The van der Waals surface area contributed by atoms with Crippen molar-refractivity contribution in [3.8, 4) is 11.4 Å². The number of allylic oxidation sites excluding steroid dienone is 2. The number of carbonyl (C=O) groups excluding carboxylic acids is 1. The lowest BCUT2D eigenvalue weighted by molar-refractivity contribution is -0.139. The van der Waals surface area contributed by atoms with Crippen LogP contribution < -0.4 is 5.32 Å². The molecule has 2 aromatic heterocycles. The predicted octanol–water partition coefficient (Wildman–Crippen LogP) is 8.33. The molecule has 2 unspecified atom stereocenters. The molecule has 2 N–H and O–H groups in total. The maximum Gasteiger partial charge on any atom is 0.326 e. The van der Waals surface area contributed by atoms with Gasteiger partial charge in [-0.25, -0.2) is 14.8 Å². The van der Waals surface area contributed by atoms with E-state index >= 15 is 0 Å². The minimum absolute atomic E-state index is 0.0646. The number of nitrogens with one attached hydrogen (secondary N) is 1. The largest absolute Gasteiger partial charge is 0.480 e. The molecular weight excluding hydrogens is 554 g/mol. The summed E-state index contributed by atoms with van der Waals surface area (Å²) in [4.78, 5) is 35.7. The summed E-state index contributed by atoms with van der Waals surface area (Å²) in [5.41, 5.74) is 4.10. The van der Waals surface area contributed by atoms with Gasteiger partial charge in [0, 0.05) is 34.8 Å². The molecule has 6 nitrogen and oxygen atoms in total.